The van der Waals surface area contributed by atoms with Crippen molar-refractivity contribution in [1.82, 2.24) is 4.90 Å². The molecule has 3 nitrogen and oxygen atoms in total. The Morgan fingerprint density at radius 3 is 2.64 bits per heavy atom. The molecule has 1 aliphatic heterocycles. The van der Waals surface area contributed by atoms with Crippen LogP contribution in [0.25, 0.3) is 0 Å². The number of aryl methyl sites for hydroxylation is 1. The highest BCUT2D eigenvalue weighted by Crippen LogP contribution is 2.24. The zero-order valence-corrected chi connectivity index (χ0v) is 14.5. The fourth-order valence-corrected chi connectivity index (χ4v) is 2.93. The molecule has 0 atom stereocenters. The van der Waals surface area contributed by atoms with Gasteiger partial charge in [0.1, 0.15) is 5.75 Å². The maximum absolute atomic E-state index is 6.10. The van der Waals surface area contributed by atoms with Crippen molar-refractivity contribution in [1.29, 1.82) is 0 Å². The van der Waals surface area contributed by atoms with Gasteiger partial charge in [0.15, 0.2) is 0 Å². The monoisotopic (exact) mass is 304 g/mol. The van der Waals surface area contributed by atoms with Crippen LogP contribution in [-0.2, 0) is 6.42 Å². The van der Waals surface area contributed by atoms with E-state index in [1.165, 1.54) is 44.5 Å². The molecule has 1 aliphatic rings. The molecule has 1 fully saturated rings. The number of ether oxygens (including phenoxy) is 1. The van der Waals surface area contributed by atoms with Crippen LogP contribution in [0, 0.1) is 11.8 Å². The minimum Gasteiger partial charge on any atom is -0.491 e. The molecule has 0 saturated carbocycles. The van der Waals surface area contributed by atoms with Gasteiger partial charge in [0, 0.05) is 0 Å². The van der Waals surface area contributed by atoms with Crippen molar-refractivity contribution < 1.29 is 4.74 Å². The second kappa shape index (κ2) is 8.42. The number of anilines is 1. The maximum Gasteiger partial charge on any atom is 0.142 e. The second-order valence-electron chi connectivity index (χ2n) is 7.20. The lowest BCUT2D eigenvalue weighted by Gasteiger charge is -2.30. The molecule has 0 unspecified atom stereocenters. The molecule has 1 saturated heterocycles. The number of nitrogens with two attached hydrogens (primary N) is 1. The number of hydrogen-bond acceptors (Lipinski definition) is 3. The normalized spacial score (nSPS) is 17.1. The Morgan fingerprint density at radius 2 is 2.00 bits per heavy atom. The number of nitrogen functional groups attached to an aromatic ring is 1. The highest BCUT2D eigenvalue weighted by Gasteiger charge is 2.14. The number of piperidine rings is 1. The van der Waals surface area contributed by atoms with Crippen LogP contribution in [0.3, 0.4) is 0 Å². The fraction of sp³-hybridized carbons (Fsp3) is 0.684. The predicted molar refractivity (Wildman–Crippen MR) is 94.3 cm³/mol. The third-order valence-corrected chi connectivity index (χ3v) is 4.46. The fourth-order valence-electron chi connectivity index (χ4n) is 2.93. The van der Waals surface area contributed by atoms with Gasteiger partial charge >= 0.3 is 0 Å². The molecule has 2 N–H and O–H groups in total. The minimum absolute atomic E-state index is 0.520. The lowest BCUT2D eigenvalue weighted by molar-refractivity contribution is 0.191. The molecule has 22 heavy (non-hydrogen) atoms. The molecule has 124 valence electrons. The Labute approximate surface area is 135 Å². The summed E-state index contributed by atoms with van der Waals surface area (Å²) in [6.45, 7) is 11.1. The third-order valence-electron chi connectivity index (χ3n) is 4.46. The first-order valence-corrected chi connectivity index (χ1v) is 8.78. The topological polar surface area (TPSA) is 38.5 Å². The molecule has 3 heteroatoms. The van der Waals surface area contributed by atoms with Gasteiger partial charge in [-0.1, -0.05) is 26.8 Å². The molecule has 1 heterocycles. The lowest BCUT2D eigenvalue weighted by atomic mass is 9.99. The van der Waals surface area contributed by atoms with Crippen LogP contribution < -0.4 is 10.5 Å². The van der Waals surface area contributed by atoms with Gasteiger partial charge in [0.2, 0.25) is 0 Å². The van der Waals surface area contributed by atoms with Crippen molar-refractivity contribution in [3.05, 3.63) is 23.8 Å². The number of nitrogens with zero attached hydrogens (tertiary/aromatic N) is 1. The van der Waals surface area contributed by atoms with Gasteiger partial charge < -0.3 is 15.4 Å². The molecule has 0 aromatic heterocycles. The summed E-state index contributed by atoms with van der Waals surface area (Å²) in [6, 6.07) is 6.26. The van der Waals surface area contributed by atoms with Crippen LogP contribution in [0.1, 0.15) is 45.6 Å². The van der Waals surface area contributed by atoms with Crippen molar-refractivity contribution >= 4 is 5.69 Å². The molecular formula is C19H32N2O. The minimum atomic E-state index is 0.520. The van der Waals surface area contributed by atoms with Crippen LogP contribution in [0.15, 0.2) is 18.2 Å². The predicted octanol–water partition coefficient (Wildman–Crippen LogP) is 3.97. The number of likely N-dealkylation sites (tertiary alicyclic amines) is 1. The Kier molecular flexibility index (Phi) is 6.56. The molecule has 0 amide bonds. The van der Waals surface area contributed by atoms with Crippen LogP contribution in [0.5, 0.6) is 5.75 Å². The first-order valence-electron chi connectivity index (χ1n) is 8.78. The van der Waals surface area contributed by atoms with E-state index in [1.807, 2.05) is 6.07 Å². The van der Waals surface area contributed by atoms with Crippen LogP contribution >= 0.6 is 0 Å². The van der Waals surface area contributed by atoms with Crippen molar-refractivity contribution in [2.75, 3.05) is 32.0 Å². The van der Waals surface area contributed by atoms with Gasteiger partial charge in [-0.25, -0.2) is 0 Å². The molecule has 0 spiro atoms. The van der Waals surface area contributed by atoms with Gasteiger partial charge in [-0.15, -0.1) is 0 Å². The van der Waals surface area contributed by atoms with Gasteiger partial charge in [0.25, 0.3) is 0 Å². The van der Waals surface area contributed by atoms with E-state index in [0.717, 1.165) is 30.4 Å². The highest BCUT2D eigenvalue weighted by atomic mass is 16.5. The van der Waals surface area contributed by atoms with E-state index in [1.54, 1.807) is 0 Å². The quantitative estimate of drug-likeness (QED) is 0.775. The summed E-state index contributed by atoms with van der Waals surface area (Å²) in [4.78, 5) is 2.60. The summed E-state index contributed by atoms with van der Waals surface area (Å²) in [6.07, 6.45) is 5.02. The maximum atomic E-state index is 6.10. The average Bonchev–Trinajstić information content (AvgIpc) is 2.48. The highest BCUT2D eigenvalue weighted by molar-refractivity contribution is 5.54. The summed E-state index contributed by atoms with van der Waals surface area (Å²) < 4.78 is 5.73. The molecule has 1 aromatic rings. The number of benzene rings is 1. The van der Waals surface area contributed by atoms with Crippen molar-refractivity contribution in [3.8, 4) is 5.75 Å². The first kappa shape index (κ1) is 17.1. The van der Waals surface area contributed by atoms with Crippen LogP contribution in [-0.4, -0.2) is 31.1 Å². The molecular weight excluding hydrogens is 272 g/mol. The molecule has 0 aliphatic carbocycles. The zero-order chi connectivity index (χ0) is 15.9. The van der Waals surface area contributed by atoms with Gasteiger partial charge in [0.05, 0.1) is 12.3 Å². The molecule has 2 rings (SSSR count). The van der Waals surface area contributed by atoms with Crippen LogP contribution in [0.4, 0.5) is 5.69 Å². The largest absolute Gasteiger partial charge is 0.491 e. The van der Waals surface area contributed by atoms with Crippen LogP contribution in [0.2, 0.25) is 0 Å². The Hall–Kier alpha value is -1.22. The van der Waals surface area contributed by atoms with Crippen molar-refractivity contribution in [3.63, 3.8) is 0 Å². The van der Waals surface area contributed by atoms with E-state index in [4.69, 9.17) is 10.5 Å². The summed E-state index contributed by atoms with van der Waals surface area (Å²) in [7, 11) is 0. The van der Waals surface area contributed by atoms with Crippen molar-refractivity contribution in [2.24, 2.45) is 11.8 Å². The van der Waals surface area contributed by atoms with Gasteiger partial charge in [-0.2, -0.15) is 0 Å². The van der Waals surface area contributed by atoms with Gasteiger partial charge in [-0.3, -0.25) is 0 Å². The summed E-state index contributed by atoms with van der Waals surface area (Å²) >= 11 is 0. The standard InChI is InChI=1S/C19H32N2O/c1-15(2)14-22-19-7-6-17(13-18(19)20)5-4-10-21-11-8-16(3)9-12-21/h6-7,13,15-16H,4-5,8-12,14,20H2,1-3H3. The summed E-state index contributed by atoms with van der Waals surface area (Å²) in [5, 5.41) is 0. The molecule has 0 bridgehead atoms. The van der Waals surface area contributed by atoms with Gasteiger partial charge in [-0.05, 0) is 74.8 Å². The first-order chi connectivity index (χ1) is 10.5. The molecule has 1 aromatic carbocycles. The smallest absolute Gasteiger partial charge is 0.142 e. The number of rotatable bonds is 7. The average molecular weight is 304 g/mol. The third kappa shape index (κ3) is 5.53. The SMILES string of the molecule is CC(C)COc1ccc(CCCN2CCC(C)CC2)cc1N. The van der Waals surface area contributed by atoms with Crippen molar-refractivity contribution in [2.45, 2.75) is 46.5 Å². The molecule has 0 radical (unpaired) electrons. The summed E-state index contributed by atoms with van der Waals surface area (Å²) in [5.74, 6) is 2.25. The van der Waals surface area contributed by atoms with E-state index < -0.39 is 0 Å². The van der Waals surface area contributed by atoms with E-state index in [0.29, 0.717) is 5.92 Å². The Bertz CT molecular complexity index is 451. The number of hydrogen-bond donors (Lipinski definition) is 1. The second-order valence-corrected chi connectivity index (χ2v) is 7.20. The summed E-state index contributed by atoms with van der Waals surface area (Å²) in [5.41, 5.74) is 8.19. The lowest BCUT2D eigenvalue weighted by Crippen LogP contribution is -2.33. The van der Waals surface area contributed by atoms with E-state index in [9.17, 15) is 0 Å². The van der Waals surface area contributed by atoms with E-state index in [2.05, 4.69) is 37.8 Å². The van der Waals surface area contributed by atoms with E-state index in [-0.39, 0.29) is 0 Å². The van der Waals surface area contributed by atoms with E-state index >= 15 is 0 Å². The Morgan fingerprint density at radius 1 is 1.27 bits per heavy atom. The Balaban J connectivity index is 1.75. The zero-order valence-electron chi connectivity index (χ0n) is 14.5.